The van der Waals surface area contributed by atoms with Gasteiger partial charge in [-0.1, -0.05) is 0 Å². The summed E-state index contributed by atoms with van der Waals surface area (Å²) in [6.45, 7) is 0.395. The first-order valence-electron chi connectivity index (χ1n) is 4.43. The van der Waals surface area contributed by atoms with Crippen LogP contribution in [-0.4, -0.2) is 29.4 Å². The van der Waals surface area contributed by atoms with Gasteiger partial charge >= 0.3 is 5.97 Å². The lowest BCUT2D eigenvalue weighted by molar-refractivity contribution is -0.141. The first-order valence-corrected chi connectivity index (χ1v) is 4.43. The number of aromatic nitrogens is 2. The minimum absolute atomic E-state index is 0.0522. The van der Waals surface area contributed by atoms with E-state index in [0.717, 1.165) is 5.69 Å². The number of ether oxygens (including phenoxy) is 1. The zero-order valence-corrected chi connectivity index (χ0v) is 8.43. The smallest absolute Gasteiger partial charge is 0.306 e. The van der Waals surface area contributed by atoms with E-state index in [1.165, 1.54) is 7.11 Å². The molecule has 0 saturated heterocycles. The van der Waals surface area contributed by atoms with Gasteiger partial charge in [0, 0.05) is 25.7 Å². The standard InChI is InChI=1S/C9H15N3O2/c1-12-4-3-8(11-12)7(6-10)5-9(13)14-2/h3-4,7H,5-6,10H2,1-2H3. The van der Waals surface area contributed by atoms with Crippen LogP contribution in [0.15, 0.2) is 12.3 Å². The van der Waals surface area contributed by atoms with Gasteiger partial charge < -0.3 is 10.5 Å². The van der Waals surface area contributed by atoms with E-state index in [-0.39, 0.29) is 18.3 Å². The van der Waals surface area contributed by atoms with Gasteiger partial charge in [-0.15, -0.1) is 0 Å². The zero-order valence-electron chi connectivity index (χ0n) is 8.43. The number of hydrogen-bond acceptors (Lipinski definition) is 4. The van der Waals surface area contributed by atoms with Gasteiger partial charge in [-0.05, 0) is 6.07 Å². The van der Waals surface area contributed by atoms with Crippen molar-refractivity contribution in [3.05, 3.63) is 18.0 Å². The molecule has 1 unspecified atom stereocenters. The fourth-order valence-electron chi connectivity index (χ4n) is 1.24. The molecule has 2 N–H and O–H groups in total. The highest BCUT2D eigenvalue weighted by Gasteiger charge is 2.16. The van der Waals surface area contributed by atoms with Gasteiger partial charge in [0.25, 0.3) is 0 Å². The normalized spacial score (nSPS) is 12.5. The lowest BCUT2D eigenvalue weighted by Gasteiger charge is -2.09. The molecular formula is C9H15N3O2. The van der Waals surface area contributed by atoms with Crippen LogP contribution in [0.25, 0.3) is 0 Å². The van der Waals surface area contributed by atoms with Crippen molar-refractivity contribution in [2.75, 3.05) is 13.7 Å². The van der Waals surface area contributed by atoms with Gasteiger partial charge in [0.05, 0.1) is 19.2 Å². The van der Waals surface area contributed by atoms with Crippen LogP contribution in [0, 0.1) is 0 Å². The Hall–Kier alpha value is -1.36. The minimum atomic E-state index is -0.258. The van der Waals surface area contributed by atoms with Crippen LogP contribution in [0.4, 0.5) is 0 Å². The molecule has 78 valence electrons. The molecule has 1 aromatic heterocycles. The third-order valence-electron chi connectivity index (χ3n) is 2.08. The molecule has 1 aromatic rings. The topological polar surface area (TPSA) is 70.1 Å². The number of carbonyl (C=O) groups is 1. The molecule has 0 saturated carbocycles. The van der Waals surface area contributed by atoms with Crippen LogP contribution >= 0.6 is 0 Å². The van der Waals surface area contributed by atoms with E-state index in [4.69, 9.17) is 5.73 Å². The average Bonchev–Trinajstić information content (AvgIpc) is 2.60. The average molecular weight is 197 g/mol. The number of carbonyl (C=O) groups excluding carboxylic acids is 1. The first-order chi connectivity index (χ1) is 6.67. The van der Waals surface area contributed by atoms with Crippen LogP contribution in [0.2, 0.25) is 0 Å². The second-order valence-electron chi connectivity index (χ2n) is 3.13. The molecule has 0 fully saturated rings. The first kappa shape index (κ1) is 10.7. The lowest BCUT2D eigenvalue weighted by atomic mass is 10.0. The van der Waals surface area contributed by atoms with Gasteiger partial charge in [0.15, 0.2) is 0 Å². The molecule has 14 heavy (non-hydrogen) atoms. The molecule has 1 heterocycles. The predicted molar refractivity (Wildman–Crippen MR) is 51.6 cm³/mol. The molecule has 0 aliphatic heterocycles. The van der Waals surface area contributed by atoms with E-state index in [9.17, 15) is 4.79 Å². The summed E-state index contributed by atoms with van der Waals surface area (Å²) in [7, 11) is 3.20. The molecular weight excluding hydrogens is 182 g/mol. The van der Waals surface area contributed by atoms with E-state index in [0.29, 0.717) is 6.54 Å². The second-order valence-corrected chi connectivity index (χ2v) is 3.13. The number of rotatable bonds is 4. The molecule has 0 aliphatic carbocycles. The van der Waals surface area contributed by atoms with Crippen LogP contribution in [0.1, 0.15) is 18.0 Å². The quantitative estimate of drug-likeness (QED) is 0.691. The summed E-state index contributed by atoms with van der Waals surface area (Å²) in [6, 6.07) is 1.86. The summed E-state index contributed by atoms with van der Waals surface area (Å²) >= 11 is 0. The lowest BCUT2D eigenvalue weighted by Crippen LogP contribution is -2.18. The largest absolute Gasteiger partial charge is 0.469 e. The van der Waals surface area contributed by atoms with Crippen LogP contribution < -0.4 is 5.73 Å². The maximum absolute atomic E-state index is 11.0. The number of methoxy groups -OCH3 is 1. The van der Waals surface area contributed by atoms with Gasteiger partial charge in [-0.25, -0.2) is 0 Å². The van der Waals surface area contributed by atoms with E-state index < -0.39 is 0 Å². The summed E-state index contributed by atoms with van der Waals surface area (Å²) in [4.78, 5) is 11.0. The highest BCUT2D eigenvalue weighted by Crippen LogP contribution is 2.16. The Bertz CT molecular complexity index is 309. The summed E-state index contributed by atoms with van der Waals surface area (Å²) in [5.41, 5.74) is 6.39. The summed E-state index contributed by atoms with van der Waals surface area (Å²) < 4.78 is 6.27. The Labute approximate surface area is 82.8 Å². The molecule has 1 rings (SSSR count). The summed E-state index contributed by atoms with van der Waals surface area (Å²) in [5, 5.41) is 4.20. The molecule has 0 amide bonds. The Morgan fingerprint density at radius 3 is 2.93 bits per heavy atom. The van der Waals surface area contributed by atoms with Crippen molar-refractivity contribution in [3.8, 4) is 0 Å². The van der Waals surface area contributed by atoms with E-state index in [2.05, 4.69) is 9.84 Å². The molecule has 1 atom stereocenters. The van der Waals surface area contributed by atoms with Crippen LogP contribution in [0.3, 0.4) is 0 Å². The van der Waals surface area contributed by atoms with Crippen molar-refractivity contribution in [1.82, 2.24) is 9.78 Å². The Morgan fingerprint density at radius 2 is 2.50 bits per heavy atom. The molecule has 5 nitrogen and oxygen atoms in total. The molecule has 5 heteroatoms. The number of nitrogens with two attached hydrogens (primary N) is 1. The Balaban J connectivity index is 2.67. The van der Waals surface area contributed by atoms with Crippen molar-refractivity contribution in [2.45, 2.75) is 12.3 Å². The Morgan fingerprint density at radius 1 is 1.79 bits per heavy atom. The number of hydrogen-bond donors (Lipinski definition) is 1. The zero-order chi connectivity index (χ0) is 10.6. The second kappa shape index (κ2) is 4.76. The molecule has 0 aromatic carbocycles. The van der Waals surface area contributed by atoms with Crippen molar-refractivity contribution in [1.29, 1.82) is 0 Å². The molecule has 0 spiro atoms. The molecule has 0 bridgehead atoms. The van der Waals surface area contributed by atoms with Crippen molar-refractivity contribution in [2.24, 2.45) is 12.8 Å². The van der Waals surface area contributed by atoms with E-state index in [1.807, 2.05) is 19.3 Å². The monoisotopic (exact) mass is 197 g/mol. The summed E-state index contributed by atoms with van der Waals surface area (Å²) in [5.74, 6) is -0.310. The van der Waals surface area contributed by atoms with E-state index >= 15 is 0 Å². The predicted octanol–water partition coefficient (Wildman–Crippen LogP) is 0.0255. The maximum Gasteiger partial charge on any atom is 0.306 e. The van der Waals surface area contributed by atoms with E-state index in [1.54, 1.807) is 4.68 Å². The van der Waals surface area contributed by atoms with Crippen molar-refractivity contribution < 1.29 is 9.53 Å². The van der Waals surface area contributed by atoms with Gasteiger partial charge in [-0.3, -0.25) is 9.48 Å². The Kier molecular flexibility index (Phi) is 3.64. The van der Waals surface area contributed by atoms with Gasteiger partial charge in [-0.2, -0.15) is 5.10 Å². The van der Waals surface area contributed by atoms with Crippen molar-refractivity contribution >= 4 is 5.97 Å². The van der Waals surface area contributed by atoms with Gasteiger partial charge in [0.2, 0.25) is 0 Å². The number of esters is 1. The number of aryl methyl sites for hydroxylation is 1. The van der Waals surface area contributed by atoms with Crippen LogP contribution in [0.5, 0.6) is 0 Å². The van der Waals surface area contributed by atoms with Crippen LogP contribution in [-0.2, 0) is 16.6 Å². The van der Waals surface area contributed by atoms with Gasteiger partial charge in [0.1, 0.15) is 0 Å². The third kappa shape index (κ3) is 2.56. The minimum Gasteiger partial charge on any atom is -0.469 e. The fraction of sp³-hybridized carbons (Fsp3) is 0.556. The maximum atomic E-state index is 11.0. The highest BCUT2D eigenvalue weighted by molar-refractivity contribution is 5.70. The molecule has 0 aliphatic rings. The molecule has 0 radical (unpaired) electrons. The van der Waals surface area contributed by atoms with Crippen molar-refractivity contribution in [3.63, 3.8) is 0 Å². The SMILES string of the molecule is COC(=O)CC(CN)c1ccn(C)n1. The number of nitrogens with zero attached hydrogens (tertiary/aromatic N) is 2. The highest BCUT2D eigenvalue weighted by atomic mass is 16.5. The third-order valence-corrected chi connectivity index (χ3v) is 2.08. The fourth-order valence-corrected chi connectivity index (χ4v) is 1.24. The summed E-state index contributed by atoms with van der Waals surface area (Å²) in [6.07, 6.45) is 2.11.